The molecular formula is C20H21NO3. The summed E-state index contributed by atoms with van der Waals surface area (Å²) in [5, 5.41) is 0. The molecule has 0 amide bonds. The Kier molecular flexibility index (Phi) is 4.06. The standard InChI is InChI=1S/C20H21NO3/c1-20(2)12-11-16-18(23-4)10-8-15(19(16)24-20)17(22)9-7-14-6-5-13-21(14)3/h5-13H,1-4H3. The van der Waals surface area contributed by atoms with Gasteiger partial charge in [-0.25, -0.2) is 0 Å². The molecule has 4 heteroatoms. The van der Waals surface area contributed by atoms with Crippen LogP contribution in [0.5, 0.6) is 11.5 Å². The number of hydrogen-bond acceptors (Lipinski definition) is 3. The lowest BCUT2D eigenvalue weighted by Gasteiger charge is -2.29. The van der Waals surface area contributed by atoms with Crippen LogP contribution in [0.15, 0.2) is 42.6 Å². The fourth-order valence-electron chi connectivity index (χ4n) is 2.70. The molecule has 0 saturated carbocycles. The number of methoxy groups -OCH3 is 1. The maximum Gasteiger partial charge on any atom is 0.189 e. The summed E-state index contributed by atoms with van der Waals surface area (Å²) in [5.74, 6) is 1.17. The molecule has 4 nitrogen and oxygen atoms in total. The number of ether oxygens (including phenoxy) is 2. The fourth-order valence-corrected chi connectivity index (χ4v) is 2.70. The third kappa shape index (κ3) is 3.00. The molecule has 1 aromatic carbocycles. The average Bonchev–Trinajstić information content (AvgIpc) is 2.95. The highest BCUT2D eigenvalue weighted by Crippen LogP contribution is 2.39. The van der Waals surface area contributed by atoms with E-state index in [0.29, 0.717) is 17.1 Å². The van der Waals surface area contributed by atoms with Crippen LogP contribution >= 0.6 is 0 Å². The summed E-state index contributed by atoms with van der Waals surface area (Å²) in [6, 6.07) is 7.45. The van der Waals surface area contributed by atoms with Crippen LogP contribution in [0.4, 0.5) is 0 Å². The number of allylic oxidation sites excluding steroid dienone is 1. The van der Waals surface area contributed by atoms with E-state index in [0.717, 1.165) is 11.3 Å². The van der Waals surface area contributed by atoms with Crippen molar-refractivity contribution in [3.63, 3.8) is 0 Å². The van der Waals surface area contributed by atoms with Crippen LogP contribution in [0.25, 0.3) is 12.2 Å². The first-order valence-electron chi connectivity index (χ1n) is 7.84. The quantitative estimate of drug-likeness (QED) is 0.628. The van der Waals surface area contributed by atoms with Gasteiger partial charge in [0, 0.05) is 18.9 Å². The smallest absolute Gasteiger partial charge is 0.189 e. The van der Waals surface area contributed by atoms with Gasteiger partial charge in [-0.15, -0.1) is 0 Å². The van der Waals surface area contributed by atoms with Crippen molar-refractivity contribution in [1.29, 1.82) is 0 Å². The molecule has 0 spiro atoms. The Morgan fingerprint density at radius 1 is 1.29 bits per heavy atom. The van der Waals surface area contributed by atoms with Crippen LogP contribution < -0.4 is 9.47 Å². The fraction of sp³-hybridized carbons (Fsp3) is 0.250. The number of rotatable bonds is 4. The van der Waals surface area contributed by atoms with E-state index in [1.165, 1.54) is 0 Å². The van der Waals surface area contributed by atoms with Gasteiger partial charge in [-0.1, -0.05) is 0 Å². The summed E-state index contributed by atoms with van der Waals surface area (Å²) in [5.41, 5.74) is 1.84. The molecular weight excluding hydrogens is 302 g/mol. The summed E-state index contributed by atoms with van der Waals surface area (Å²) >= 11 is 0. The number of aromatic nitrogens is 1. The Morgan fingerprint density at radius 2 is 2.08 bits per heavy atom. The lowest BCUT2D eigenvalue weighted by molar-refractivity contribution is 0.103. The highest BCUT2D eigenvalue weighted by molar-refractivity contribution is 6.09. The molecule has 1 aromatic heterocycles. The molecule has 24 heavy (non-hydrogen) atoms. The summed E-state index contributed by atoms with van der Waals surface area (Å²) in [4.78, 5) is 12.7. The van der Waals surface area contributed by atoms with Crippen molar-refractivity contribution in [3.8, 4) is 11.5 Å². The third-order valence-electron chi connectivity index (χ3n) is 4.05. The molecule has 0 fully saturated rings. The molecule has 0 radical (unpaired) electrons. The molecule has 0 N–H and O–H groups in total. The van der Waals surface area contributed by atoms with Crippen LogP contribution in [0, 0.1) is 0 Å². The van der Waals surface area contributed by atoms with Crippen molar-refractivity contribution in [3.05, 3.63) is 59.4 Å². The highest BCUT2D eigenvalue weighted by Gasteiger charge is 2.27. The van der Waals surface area contributed by atoms with E-state index in [1.54, 1.807) is 25.3 Å². The van der Waals surface area contributed by atoms with Crippen LogP contribution in [-0.4, -0.2) is 23.1 Å². The molecule has 0 unspecified atom stereocenters. The summed E-state index contributed by atoms with van der Waals surface area (Å²) in [6.45, 7) is 3.92. The van der Waals surface area contributed by atoms with Gasteiger partial charge in [0.25, 0.3) is 0 Å². The molecule has 1 aliphatic rings. The van der Waals surface area contributed by atoms with Gasteiger partial charge in [0.05, 0.1) is 18.2 Å². The van der Waals surface area contributed by atoms with E-state index in [1.807, 2.05) is 62.0 Å². The molecule has 2 aromatic rings. The van der Waals surface area contributed by atoms with Crippen LogP contribution in [-0.2, 0) is 7.05 Å². The molecule has 0 atom stereocenters. The summed E-state index contributed by atoms with van der Waals surface area (Å²) in [6.07, 6.45) is 9.24. The van der Waals surface area contributed by atoms with Crippen LogP contribution in [0.1, 0.15) is 35.5 Å². The van der Waals surface area contributed by atoms with Crippen molar-refractivity contribution in [2.45, 2.75) is 19.4 Å². The Labute approximate surface area is 142 Å². The molecule has 124 valence electrons. The van der Waals surface area contributed by atoms with Crippen molar-refractivity contribution < 1.29 is 14.3 Å². The van der Waals surface area contributed by atoms with Crippen LogP contribution in [0.2, 0.25) is 0 Å². The first-order valence-corrected chi connectivity index (χ1v) is 7.84. The van der Waals surface area contributed by atoms with Gasteiger partial charge in [-0.2, -0.15) is 0 Å². The molecule has 0 aliphatic carbocycles. The number of benzene rings is 1. The topological polar surface area (TPSA) is 40.5 Å². The van der Waals surface area contributed by atoms with Gasteiger partial charge in [-0.05, 0) is 62.4 Å². The van der Waals surface area contributed by atoms with E-state index in [9.17, 15) is 4.79 Å². The number of ketones is 1. The van der Waals surface area contributed by atoms with Crippen molar-refractivity contribution in [2.24, 2.45) is 7.05 Å². The summed E-state index contributed by atoms with van der Waals surface area (Å²) < 4.78 is 13.4. The van der Waals surface area contributed by atoms with Gasteiger partial charge in [0.1, 0.15) is 17.1 Å². The number of fused-ring (bicyclic) bond motifs is 1. The van der Waals surface area contributed by atoms with Crippen molar-refractivity contribution in [1.82, 2.24) is 4.57 Å². The Hall–Kier alpha value is -2.75. The maximum absolute atomic E-state index is 12.7. The number of hydrogen-bond donors (Lipinski definition) is 0. The van der Waals surface area contributed by atoms with E-state index in [4.69, 9.17) is 9.47 Å². The van der Waals surface area contributed by atoms with Gasteiger partial charge in [-0.3, -0.25) is 4.79 Å². The lowest BCUT2D eigenvalue weighted by Crippen LogP contribution is -2.28. The van der Waals surface area contributed by atoms with Crippen molar-refractivity contribution >= 4 is 17.9 Å². The van der Waals surface area contributed by atoms with Crippen molar-refractivity contribution in [2.75, 3.05) is 7.11 Å². The second kappa shape index (κ2) is 6.04. The average molecular weight is 323 g/mol. The number of aryl methyl sites for hydroxylation is 1. The third-order valence-corrected chi connectivity index (χ3v) is 4.05. The zero-order valence-corrected chi connectivity index (χ0v) is 14.4. The lowest BCUT2D eigenvalue weighted by atomic mass is 9.97. The minimum absolute atomic E-state index is 0.0961. The normalized spacial score (nSPS) is 15.2. The monoisotopic (exact) mass is 323 g/mol. The Bertz CT molecular complexity index is 841. The van der Waals surface area contributed by atoms with Crippen LogP contribution in [0.3, 0.4) is 0 Å². The first-order chi connectivity index (χ1) is 11.4. The number of carbonyl (C=O) groups excluding carboxylic acids is 1. The van der Waals surface area contributed by atoms with E-state index < -0.39 is 5.60 Å². The molecule has 1 aliphatic heterocycles. The van der Waals surface area contributed by atoms with E-state index in [-0.39, 0.29) is 5.78 Å². The largest absolute Gasteiger partial charge is 0.496 e. The second-order valence-electron chi connectivity index (χ2n) is 6.34. The number of nitrogens with zero attached hydrogens (tertiary/aromatic N) is 1. The molecule has 3 rings (SSSR count). The predicted octanol–water partition coefficient (Wildman–Crippen LogP) is 4.11. The van der Waals surface area contributed by atoms with Gasteiger partial charge >= 0.3 is 0 Å². The molecule has 2 heterocycles. The van der Waals surface area contributed by atoms with Gasteiger partial charge < -0.3 is 14.0 Å². The molecule has 0 saturated heterocycles. The SMILES string of the molecule is COc1ccc(C(=O)C=Cc2cccn2C)c2c1C=CC(C)(C)O2. The van der Waals surface area contributed by atoms with Gasteiger partial charge in [0.15, 0.2) is 5.78 Å². The minimum atomic E-state index is -0.462. The maximum atomic E-state index is 12.7. The molecule has 0 bridgehead atoms. The highest BCUT2D eigenvalue weighted by atomic mass is 16.5. The Balaban J connectivity index is 2.00. The number of carbonyl (C=O) groups is 1. The predicted molar refractivity (Wildman–Crippen MR) is 95.5 cm³/mol. The second-order valence-corrected chi connectivity index (χ2v) is 6.34. The minimum Gasteiger partial charge on any atom is -0.496 e. The first kappa shape index (κ1) is 16.1. The van der Waals surface area contributed by atoms with E-state index >= 15 is 0 Å². The zero-order chi connectivity index (χ0) is 17.3. The summed E-state index contributed by atoms with van der Waals surface area (Å²) in [7, 11) is 3.55. The van der Waals surface area contributed by atoms with E-state index in [2.05, 4.69) is 0 Å². The zero-order valence-electron chi connectivity index (χ0n) is 14.4. The Morgan fingerprint density at radius 3 is 2.75 bits per heavy atom. The van der Waals surface area contributed by atoms with Gasteiger partial charge in [0.2, 0.25) is 0 Å².